The number of benzene rings is 1. The molecule has 0 unspecified atom stereocenters. The van der Waals surface area contributed by atoms with Gasteiger partial charge < -0.3 is 9.21 Å². The predicted octanol–water partition coefficient (Wildman–Crippen LogP) is 3.34. The van der Waals surface area contributed by atoms with Crippen LogP contribution in [0.25, 0.3) is 11.3 Å². The first-order valence-electron chi connectivity index (χ1n) is 4.58. The van der Waals surface area contributed by atoms with Gasteiger partial charge >= 0.3 is 0 Å². The van der Waals surface area contributed by atoms with E-state index in [-0.39, 0.29) is 0 Å². The summed E-state index contributed by atoms with van der Waals surface area (Å²) in [6.45, 7) is 0. The fraction of sp³-hybridized carbons (Fsp3) is 0.0833. The van der Waals surface area contributed by atoms with Crippen molar-refractivity contribution in [3.63, 3.8) is 0 Å². The van der Waals surface area contributed by atoms with Gasteiger partial charge in [0.2, 0.25) is 0 Å². The highest BCUT2D eigenvalue weighted by Gasteiger charge is 2.07. The van der Waals surface area contributed by atoms with Gasteiger partial charge in [-0.1, -0.05) is 23.7 Å². The number of carbonyl (C=O) groups is 1. The average Bonchev–Trinajstić information content (AvgIpc) is 2.68. The van der Waals surface area contributed by atoms with E-state index in [2.05, 4.69) is 0 Å². The van der Waals surface area contributed by atoms with E-state index in [0.717, 1.165) is 11.8 Å². The van der Waals surface area contributed by atoms with Crippen LogP contribution in [0, 0.1) is 0 Å². The van der Waals surface area contributed by atoms with Crippen LogP contribution in [0.3, 0.4) is 0 Å². The molecule has 0 bridgehead atoms. The van der Waals surface area contributed by atoms with Gasteiger partial charge in [0.15, 0.2) is 0 Å². The quantitative estimate of drug-likeness (QED) is 0.743. The van der Waals surface area contributed by atoms with Crippen LogP contribution in [0.2, 0.25) is 5.02 Å². The molecular weight excluding hydrogens is 212 g/mol. The lowest BCUT2D eigenvalue weighted by atomic mass is 10.2. The van der Waals surface area contributed by atoms with Gasteiger partial charge in [0.1, 0.15) is 17.8 Å². The second-order valence-electron chi connectivity index (χ2n) is 3.12. The zero-order chi connectivity index (χ0) is 10.7. The minimum Gasteiger partial charge on any atom is -0.461 e. The van der Waals surface area contributed by atoms with Crippen molar-refractivity contribution in [1.82, 2.24) is 0 Å². The molecule has 1 aromatic carbocycles. The monoisotopic (exact) mass is 220 g/mol. The van der Waals surface area contributed by atoms with Crippen molar-refractivity contribution in [2.45, 2.75) is 6.42 Å². The van der Waals surface area contributed by atoms with Crippen LogP contribution in [0.4, 0.5) is 0 Å². The predicted molar refractivity (Wildman–Crippen MR) is 58.9 cm³/mol. The molecule has 0 fully saturated rings. The average molecular weight is 221 g/mol. The number of rotatable bonds is 3. The molecule has 76 valence electrons. The first kappa shape index (κ1) is 9.99. The normalized spacial score (nSPS) is 10.2. The van der Waals surface area contributed by atoms with E-state index in [4.69, 9.17) is 16.0 Å². The Bertz CT molecular complexity index is 474. The Morgan fingerprint density at radius 1 is 1.20 bits per heavy atom. The molecule has 0 radical (unpaired) electrons. The van der Waals surface area contributed by atoms with Crippen molar-refractivity contribution in [2.24, 2.45) is 0 Å². The van der Waals surface area contributed by atoms with Crippen molar-refractivity contribution < 1.29 is 9.21 Å². The zero-order valence-electron chi connectivity index (χ0n) is 7.94. The Kier molecular flexibility index (Phi) is 2.88. The molecule has 0 aliphatic carbocycles. The molecule has 1 aromatic heterocycles. The van der Waals surface area contributed by atoms with Crippen LogP contribution in [0.5, 0.6) is 0 Å². The maximum absolute atomic E-state index is 10.3. The standard InChI is InChI=1S/C12H9ClO2/c13-11-4-2-1-3-10(11)12-6-5-9(15-12)7-8-14/h1-6,8H,7H2. The van der Waals surface area contributed by atoms with Crippen molar-refractivity contribution in [3.05, 3.63) is 47.2 Å². The van der Waals surface area contributed by atoms with Gasteiger partial charge in [-0.15, -0.1) is 0 Å². The number of aldehydes is 1. The highest BCUT2D eigenvalue weighted by atomic mass is 35.5. The van der Waals surface area contributed by atoms with Gasteiger partial charge in [-0.2, -0.15) is 0 Å². The fourth-order valence-electron chi connectivity index (χ4n) is 1.38. The number of furan rings is 1. The Labute approximate surface area is 92.5 Å². The highest BCUT2D eigenvalue weighted by Crippen LogP contribution is 2.28. The molecule has 0 atom stereocenters. The Balaban J connectivity index is 2.37. The molecule has 0 saturated carbocycles. The fourth-order valence-corrected chi connectivity index (χ4v) is 1.60. The Hall–Kier alpha value is -1.54. The van der Waals surface area contributed by atoms with E-state index in [1.807, 2.05) is 24.3 Å². The van der Waals surface area contributed by atoms with E-state index in [1.165, 1.54) is 0 Å². The number of carbonyl (C=O) groups excluding carboxylic acids is 1. The summed E-state index contributed by atoms with van der Waals surface area (Å²) in [7, 11) is 0. The van der Waals surface area contributed by atoms with Gasteiger partial charge in [-0.05, 0) is 24.3 Å². The number of halogens is 1. The van der Waals surface area contributed by atoms with Gasteiger partial charge in [0.05, 0.1) is 11.4 Å². The highest BCUT2D eigenvalue weighted by molar-refractivity contribution is 6.33. The minimum absolute atomic E-state index is 0.296. The Morgan fingerprint density at radius 2 is 2.00 bits per heavy atom. The maximum atomic E-state index is 10.3. The molecule has 0 saturated heterocycles. The van der Waals surface area contributed by atoms with Crippen LogP contribution >= 0.6 is 11.6 Å². The molecule has 2 nitrogen and oxygen atoms in total. The zero-order valence-corrected chi connectivity index (χ0v) is 8.70. The van der Waals surface area contributed by atoms with Crippen LogP contribution in [0.1, 0.15) is 5.76 Å². The third-order valence-electron chi connectivity index (χ3n) is 2.09. The molecule has 0 amide bonds. The van der Waals surface area contributed by atoms with Gasteiger partial charge in [0, 0.05) is 5.56 Å². The smallest absolute Gasteiger partial charge is 0.135 e. The summed E-state index contributed by atoms with van der Waals surface area (Å²) in [5.74, 6) is 1.34. The second-order valence-corrected chi connectivity index (χ2v) is 3.52. The number of hydrogen-bond acceptors (Lipinski definition) is 2. The molecule has 15 heavy (non-hydrogen) atoms. The lowest BCUT2D eigenvalue weighted by Crippen LogP contribution is -1.79. The van der Waals surface area contributed by atoms with E-state index in [1.54, 1.807) is 12.1 Å². The van der Waals surface area contributed by atoms with Crippen molar-refractivity contribution in [2.75, 3.05) is 0 Å². The SMILES string of the molecule is O=CCc1ccc(-c2ccccc2Cl)o1. The molecule has 0 aliphatic heterocycles. The van der Waals surface area contributed by atoms with E-state index in [9.17, 15) is 4.79 Å². The van der Waals surface area contributed by atoms with Gasteiger partial charge in [0.25, 0.3) is 0 Å². The van der Waals surface area contributed by atoms with Gasteiger partial charge in [-0.3, -0.25) is 0 Å². The van der Waals surface area contributed by atoms with Crippen molar-refractivity contribution >= 4 is 17.9 Å². The third-order valence-corrected chi connectivity index (χ3v) is 2.42. The van der Waals surface area contributed by atoms with Gasteiger partial charge in [-0.25, -0.2) is 0 Å². The van der Waals surface area contributed by atoms with E-state index in [0.29, 0.717) is 23.0 Å². The van der Waals surface area contributed by atoms with Crippen LogP contribution in [-0.2, 0) is 11.2 Å². The van der Waals surface area contributed by atoms with Crippen molar-refractivity contribution in [1.29, 1.82) is 0 Å². The molecule has 0 spiro atoms. The lowest BCUT2D eigenvalue weighted by Gasteiger charge is -1.98. The summed E-state index contributed by atoms with van der Waals surface area (Å²) in [6, 6.07) is 11.0. The molecule has 0 aliphatic rings. The van der Waals surface area contributed by atoms with Crippen LogP contribution in [-0.4, -0.2) is 6.29 Å². The molecule has 1 heterocycles. The molecule has 2 rings (SSSR count). The Morgan fingerprint density at radius 3 is 2.73 bits per heavy atom. The molecule has 3 heteroatoms. The first-order valence-corrected chi connectivity index (χ1v) is 4.96. The molecule has 2 aromatic rings. The summed E-state index contributed by atoms with van der Waals surface area (Å²) in [4.78, 5) is 10.3. The summed E-state index contributed by atoms with van der Waals surface area (Å²) in [6.07, 6.45) is 1.11. The van der Waals surface area contributed by atoms with E-state index < -0.39 is 0 Å². The molecular formula is C12H9ClO2. The summed E-state index contributed by atoms with van der Waals surface area (Å²) >= 11 is 6.02. The summed E-state index contributed by atoms with van der Waals surface area (Å²) in [5, 5.41) is 0.643. The van der Waals surface area contributed by atoms with Crippen molar-refractivity contribution in [3.8, 4) is 11.3 Å². The second kappa shape index (κ2) is 4.32. The molecule has 0 N–H and O–H groups in total. The summed E-state index contributed by atoms with van der Waals surface area (Å²) < 4.78 is 5.48. The minimum atomic E-state index is 0.296. The van der Waals surface area contributed by atoms with Crippen LogP contribution < -0.4 is 0 Å². The van der Waals surface area contributed by atoms with Crippen LogP contribution in [0.15, 0.2) is 40.8 Å². The largest absolute Gasteiger partial charge is 0.461 e. The third kappa shape index (κ3) is 2.10. The summed E-state index contributed by atoms with van der Waals surface area (Å²) in [5.41, 5.74) is 0.844. The number of hydrogen-bond donors (Lipinski definition) is 0. The maximum Gasteiger partial charge on any atom is 0.135 e. The lowest BCUT2D eigenvalue weighted by molar-refractivity contribution is -0.107. The van der Waals surface area contributed by atoms with E-state index >= 15 is 0 Å². The first-order chi connectivity index (χ1) is 7.31. The topological polar surface area (TPSA) is 30.2 Å².